The first kappa shape index (κ1) is 11.8. The Morgan fingerprint density at radius 3 is 2.55 bits per heavy atom. The van der Waals surface area contributed by atoms with E-state index in [9.17, 15) is 0 Å². The minimum atomic E-state index is 0.627. The molecule has 4 bridgehead atoms. The van der Waals surface area contributed by atoms with Gasteiger partial charge in [0, 0.05) is 32.3 Å². The summed E-state index contributed by atoms with van der Waals surface area (Å²) in [5.41, 5.74) is 2.03. The molecule has 2 heterocycles. The summed E-state index contributed by atoms with van der Waals surface area (Å²) in [4.78, 5) is 4.80. The van der Waals surface area contributed by atoms with E-state index in [0.717, 1.165) is 37.4 Å². The van der Waals surface area contributed by atoms with Gasteiger partial charge < -0.3 is 9.88 Å². The molecule has 3 nitrogen and oxygen atoms in total. The van der Waals surface area contributed by atoms with Crippen molar-refractivity contribution >= 4 is 0 Å². The van der Waals surface area contributed by atoms with Gasteiger partial charge in [-0.2, -0.15) is 0 Å². The number of nitrogens with zero attached hydrogens (tertiary/aromatic N) is 2. The average molecular weight is 271 g/mol. The van der Waals surface area contributed by atoms with Gasteiger partial charge in [0.25, 0.3) is 0 Å². The average Bonchev–Trinajstić information content (AvgIpc) is 2.80. The Kier molecular flexibility index (Phi) is 2.41. The topological polar surface area (TPSA) is 29.9 Å². The van der Waals surface area contributed by atoms with Gasteiger partial charge in [-0.3, -0.25) is 0 Å². The maximum atomic E-state index is 4.80. The van der Waals surface area contributed by atoms with Crippen molar-refractivity contribution < 1.29 is 0 Å². The van der Waals surface area contributed by atoms with Gasteiger partial charge in [0.2, 0.25) is 0 Å². The minimum Gasteiger partial charge on any atom is -0.330 e. The van der Waals surface area contributed by atoms with Crippen LogP contribution in [0.2, 0.25) is 0 Å². The number of fused-ring (bicyclic) bond motifs is 1. The van der Waals surface area contributed by atoms with Crippen LogP contribution < -0.4 is 5.32 Å². The van der Waals surface area contributed by atoms with Crippen LogP contribution in [0.15, 0.2) is 6.20 Å². The Bertz CT molecular complexity index is 495. The SMILES string of the molecule is c1nc(CC23CC4CC(CC(C4)C2)C3)n2c1CNCC2. The predicted molar refractivity (Wildman–Crippen MR) is 78.2 cm³/mol. The summed E-state index contributed by atoms with van der Waals surface area (Å²) in [5.74, 6) is 4.56. The molecular formula is C17H25N3. The molecule has 1 aromatic rings. The molecule has 3 heteroatoms. The summed E-state index contributed by atoms with van der Waals surface area (Å²) >= 11 is 0. The van der Waals surface area contributed by atoms with E-state index in [1.54, 1.807) is 19.3 Å². The highest BCUT2D eigenvalue weighted by Crippen LogP contribution is 2.60. The van der Waals surface area contributed by atoms with Gasteiger partial charge in [0.15, 0.2) is 0 Å². The van der Waals surface area contributed by atoms with E-state index in [2.05, 4.69) is 16.1 Å². The second kappa shape index (κ2) is 4.09. The molecule has 108 valence electrons. The van der Waals surface area contributed by atoms with E-state index in [-0.39, 0.29) is 0 Å². The number of hydrogen-bond acceptors (Lipinski definition) is 2. The molecule has 4 aliphatic carbocycles. The highest BCUT2D eigenvalue weighted by Gasteiger charge is 2.51. The Labute approximate surface area is 121 Å². The van der Waals surface area contributed by atoms with Gasteiger partial charge in [-0.05, 0) is 61.7 Å². The Hall–Kier alpha value is -0.830. The van der Waals surface area contributed by atoms with Crippen LogP contribution in [0.4, 0.5) is 0 Å². The molecular weight excluding hydrogens is 246 g/mol. The van der Waals surface area contributed by atoms with Crippen molar-refractivity contribution in [3.05, 3.63) is 17.7 Å². The van der Waals surface area contributed by atoms with Crippen LogP contribution in [0.1, 0.15) is 50.0 Å². The maximum absolute atomic E-state index is 4.80. The van der Waals surface area contributed by atoms with Crippen molar-refractivity contribution in [1.29, 1.82) is 0 Å². The van der Waals surface area contributed by atoms with Crippen LogP contribution in [0.25, 0.3) is 0 Å². The molecule has 0 amide bonds. The summed E-state index contributed by atoms with van der Waals surface area (Å²) in [6, 6.07) is 0. The van der Waals surface area contributed by atoms with Gasteiger partial charge in [0.1, 0.15) is 5.82 Å². The fourth-order valence-electron chi connectivity index (χ4n) is 6.26. The van der Waals surface area contributed by atoms with Crippen molar-refractivity contribution in [2.24, 2.45) is 23.2 Å². The van der Waals surface area contributed by atoms with E-state index in [1.807, 2.05) is 0 Å². The molecule has 0 unspecified atom stereocenters. The minimum absolute atomic E-state index is 0.627. The summed E-state index contributed by atoms with van der Waals surface area (Å²) in [5, 5.41) is 3.45. The number of aromatic nitrogens is 2. The monoisotopic (exact) mass is 271 g/mol. The van der Waals surface area contributed by atoms with Crippen molar-refractivity contribution in [3.63, 3.8) is 0 Å². The first-order valence-corrected chi connectivity index (χ1v) is 8.54. The zero-order valence-corrected chi connectivity index (χ0v) is 12.3. The smallest absolute Gasteiger partial charge is 0.109 e. The summed E-state index contributed by atoms with van der Waals surface area (Å²) < 4.78 is 2.51. The molecule has 5 aliphatic rings. The van der Waals surface area contributed by atoms with Crippen molar-refractivity contribution in [1.82, 2.24) is 14.9 Å². The fourth-order valence-corrected chi connectivity index (χ4v) is 6.26. The number of rotatable bonds is 2. The van der Waals surface area contributed by atoms with Crippen LogP contribution in [0.3, 0.4) is 0 Å². The molecule has 0 spiro atoms. The van der Waals surface area contributed by atoms with Crippen molar-refractivity contribution in [2.75, 3.05) is 6.54 Å². The molecule has 0 atom stereocenters. The van der Waals surface area contributed by atoms with E-state index in [1.165, 1.54) is 37.2 Å². The first-order valence-electron chi connectivity index (χ1n) is 8.54. The quantitative estimate of drug-likeness (QED) is 0.896. The molecule has 0 saturated heterocycles. The summed E-state index contributed by atoms with van der Waals surface area (Å²) in [7, 11) is 0. The van der Waals surface area contributed by atoms with Crippen molar-refractivity contribution in [2.45, 2.75) is 58.0 Å². The lowest BCUT2D eigenvalue weighted by atomic mass is 9.49. The standard InChI is InChI=1S/C17H25N3/c1-2-20-15(10-18-1)11-19-16(20)9-17-6-12-3-13(7-17)5-14(4-12)8-17/h11-14,18H,1-10H2. The zero-order valence-electron chi connectivity index (χ0n) is 12.3. The third-order valence-electron chi connectivity index (χ3n) is 6.54. The van der Waals surface area contributed by atoms with Crippen LogP contribution in [0.5, 0.6) is 0 Å². The predicted octanol–water partition coefficient (Wildman–Crippen LogP) is 2.75. The molecule has 0 aromatic carbocycles. The normalized spacial score (nSPS) is 41.9. The maximum Gasteiger partial charge on any atom is 0.109 e. The molecule has 1 aromatic heterocycles. The summed E-state index contributed by atoms with van der Waals surface area (Å²) in [6.07, 6.45) is 12.5. The van der Waals surface area contributed by atoms with Crippen LogP contribution in [0, 0.1) is 23.2 Å². The Balaban J connectivity index is 1.45. The first-order chi connectivity index (χ1) is 9.80. The highest BCUT2D eigenvalue weighted by atomic mass is 15.1. The van der Waals surface area contributed by atoms with E-state index >= 15 is 0 Å². The van der Waals surface area contributed by atoms with Gasteiger partial charge in [-0.1, -0.05) is 0 Å². The van der Waals surface area contributed by atoms with Crippen molar-refractivity contribution in [3.8, 4) is 0 Å². The zero-order chi connectivity index (χ0) is 13.2. The lowest BCUT2D eigenvalue weighted by Crippen LogP contribution is -2.47. The molecule has 1 aliphatic heterocycles. The number of imidazole rings is 1. The lowest BCUT2D eigenvalue weighted by molar-refractivity contribution is -0.0535. The van der Waals surface area contributed by atoms with Gasteiger partial charge in [0.05, 0.1) is 5.69 Å². The molecule has 0 radical (unpaired) electrons. The Morgan fingerprint density at radius 2 is 1.85 bits per heavy atom. The van der Waals surface area contributed by atoms with E-state index < -0.39 is 0 Å². The highest BCUT2D eigenvalue weighted by molar-refractivity contribution is 5.12. The van der Waals surface area contributed by atoms with Crippen LogP contribution in [-0.4, -0.2) is 16.1 Å². The summed E-state index contributed by atoms with van der Waals surface area (Å²) in [6.45, 7) is 3.24. The fraction of sp³-hybridized carbons (Fsp3) is 0.824. The molecule has 4 fully saturated rings. The third-order valence-corrected chi connectivity index (χ3v) is 6.54. The van der Waals surface area contributed by atoms with E-state index in [4.69, 9.17) is 4.98 Å². The molecule has 1 N–H and O–H groups in total. The van der Waals surface area contributed by atoms with Crippen LogP contribution >= 0.6 is 0 Å². The largest absolute Gasteiger partial charge is 0.330 e. The van der Waals surface area contributed by atoms with Gasteiger partial charge in [-0.25, -0.2) is 4.98 Å². The second-order valence-corrected chi connectivity index (χ2v) is 8.09. The van der Waals surface area contributed by atoms with Gasteiger partial charge >= 0.3 is 0 Å². The second-order valence-electron chi connectivity index (χ2n) is 8.09. The third kappa shape index (κ3) is 1.71. The number of hydrogen-bond donors (Lipinski definition) is 1. The number of nitrogens with one attached hydrogen (secondary N) is 1. The lowest BCUT2D eigenvalue weighted by Gasteiger charge is -2.57. The van der Waals surface area contributed by atoms with Gasteiger partial charge in [-0.15, -0.1) is 0 Å². The van der Waals surface area contributed by atoms with E-state index in [0.29, 0.717) is 5.41 Å². The molecule has 20 heavy (non-hydrogen) atoms. The van der Waals surface area contributed by atoms with Crippen LogP contribution in [-0.2, 0) is 19.5 Å². The molecule has 4 saturated carbocycles. The molecule has 6 rings (SSSR count). The Morgan fingerprint density at radius 1 is 1.15 bits per heavy atom.